The van der Waals surface area contributed by atoms with Crippen LogP contribution >= 0.6 is 12.4 Å². The number of methoxy groups -OCH3 is 1. The Morgan fingerprint density at radius 1 is 1.20 bits per heavy atom. The fraction of sp³-hybridized carbons (Fsp3) is 0.235. The van der Waals surface area contributed by atoms with Crippen molar-refractivity contribution in [3.05, 3.63) is 59.4 Å². The van der Waals surface area contributed by atoms with Gasteiger partial charge in [-0.2, -0.15) is 0 Å². The first kappa shape index (κ1) is 14.6. The first-order valence-electron chi connectivity index (χ1n) is 6.65. The molecule has 0 spiro atoms. The molecule has 2 nitrogen and oxygen atoms in total. The summed E-state index contributed by atoms with van der Waals surface area (Å²) in [6, 6.07) is 10.4. The maximum atomic E-state index is 5.30. The molecule has 0 aliphatic heterocycles. The molecule has 0 bridgehead atoms. The molecule has 3 heteroatoms. The van der Waals surface area contributed by atoms with E-state index in [0.29, 0.717) is 0 Å². The van der Waals surface area contributed by atoms with E-state index in [4.69, 9.17) is 4.74 Å². The number of pyridine rings is 1. The number of benzene rings is 1. The zero-order valence-corrected chi connectivity index (χ0v) is 12.3. The predicted molar refractivity (Wildman–Crippen MR) is 85.3 cm³/mol. The fourth-order valence-corrected chi connectivity index (χ4v) is 2.63. The van der Waals surface area contributed by atoms with Gasteiger partial charge in [0.25, 0.3) is 0 Å². The van der Waals surface area contributed by atoms with E-state index < -0.39 is 0 Å². The van der Waals surface area contributed by atoms with Crippen molar-refractivity contribution in [2.75, 3.05) is 7.11 Å². The molecule has 0 fully saturated rings. The van der Waals surface area contributed by atoms with Gasteiger partial charge in [0.1, 0.15) is 5.75 Å². The normalized spacial score (nSPS) is 15.3. The second-order valence-electron chi connectivity index (χ2n) is 4.83. The number of aromatic nitrogens is 1. The third kappa shape index (κ3) is 3.02. The Morgan fingerprint density at radius 3 is 2.85 bits per heavy atom. The van der Waals surface area contributed by atoms with Crippen molar-refractivity contribution < 1.29 is 4.74 Å². The minimum atomic E-state index is 0. The lowest BCUT2D eigenvalue weighted by Crippen LogP contribution is -2.02. The van der Waals surface area contributed by atoms with E-state index in [0.717, 1.165) is 18.6 Å². The second-order valence-corrected chi connectivity index (χ2v) is 4.83. The number of nitrogens with zero attached hydrogens (tertiary/aromatic N) is 1. The number of hydrogen-bond acceptors (Lipinski definition) is 2. The van der Waals surface area contributed by atoms with E-state index >= 15 is 0 Å². The van der Waals surface area contributed by atoms with Gasteiger partial charge in [0.05, 0.1) is 7.11 Å². The highest BCUT2D eigenvalue weighted by Crippen LogP contribution is 2.34. The fourth-order valence-electron chi connectivity index (χ4n) is 2.63. The van der Waals surface area contributed by atoms with Crippen LogP contribution in [0, 0.1) is 0 Å². The van der Waals surface area contributed by atoms with E-state index in [1.54, 1.807) is 7.11 Å². The lowest BCUT2D eigenvalue weighted by molar-refractivity contribution is 0.414. The number of fused-ring (bicyclic) bond motifs is 1. The van der Waals surface area contributed by atoms with Gasteiger partial charge in [-0.25, -0.2) is 0 Å². The zero-order valence-electron chi connectivity index (χ0n) is 11.5. The van der Waals surface area contributed by atoms with Crippen LogP contribution in [-0.4, -0.2) is 12.1 Å². The highest BCUT2D eigenvalue weighted by Gasteiger charge is 2.14. The maximum absolute atomic E-state index is 5.30. The lowest BCUT2D eigenvalue weighted by Gasteiger charge is -2.20. The van der Waals surface area contributed by atoms with Gasteiger partial charge in [0.2, 0.25) is 0 Å². The molecule has 2 aromatic rings. The molecule has 1 aromatic carbocycles. The third-order valence-electron chi connectivity index (χ3n) is 3.58. The van der Waals surface area contributed by atoms with Crippen molar-refractivity contribution in [2.24, 2.45) is 0 Å². The van der Waals surface area contributed by atoms with Crippen molar-refractivity contribution in [3.63, 3.8) is 0 Å². The largest absolute Gasteiger partial charge is 0.497 e. The molecule has 1 aliphatic carbocycles. The second kappa shape index (κ2) is 6.58. The molecule has 0 saturated carbocycles. The molecular weight excluding hydrogens is 270 g/mol. The van der Waals surface area contributed by atoms with Gasteiger partial charge in [0.15, 0.2) is 0 Å². The van der Waals surface area contributed by atoms with E-state index in [-0.39, 0.29) is 12.4 Å². The molecule has 1 aromatic heterocycles. The highest BCUT2D eigenvalue weighted by atomic mass is 35.5. The van der Waals surface area contributed by atoms with Crippen LogP contribution in [0.25, 0.3) is 11.6 Å². The summed E-state index contributed by atoms with van der Waals surface area (Å²) in [6.45, 7) is 0. The molecule has 1 aliphatic rings. The van der Waals surface area contributed by atoms with Crippen molar-refractivity contribution >= 4 is 24.1 Å². The van der Waals surface area contributed by atoms with Gasteiger partial charge in [0, 0.05) is 12.4 Å². The summed E-state index contributed by atoms with van der Waals surface area (Å²) < 4.78 is 5.30. The van der Waals surface area contributed by atoms with Gasteiger partial charge >= 0.3 is 0 Å². The number of halogens is 1. The van der Waals surface area contributed by atoms with Gasteiger partial charge in [-0.15, -0.1) is 12.4 Å². The average molecular weight is 288 g/mol. The summed E-state index contributed by atoms with van der Waals surface area (Å²) in [5.41, 5.74) is 5.31. The smallest absolute Gasteiger partial charge is 0.119 e. The Kier molecular flexibility index (Phi) is 4.80. The number of hydrogen-bond donors (Lipinski definition) is 0. The molecule has 3 rings (SSSR count). The molecule has 0 N–H and O–H groups in total. The molecule has 0 radical (unpaired) electrons. The summed E-state index contributed by atoms with van der Waals surface area (Å²) in [4.78, 5) is 4.17. The summed E-state index contributed by atoms with van der Waals surface area (Å²) in [6.07, 6.45) is 9.43. The Labute approximate surface area is 125 Å². The molecule has 0 atom stereocenters. The third-order valence-corrected chi connectivity index (χ3v) is 3.58. The van der Waals surface area contributed by atoms with Crippen molar-refractivity contribution in [1.29, 1.82) is 0 Å². The van der Waals surface area contributed by atoms with Crippen LogP contribution in [0.4, 0.5) is 0 Å². The summed E-state index contributed by atoms with van der Waals surface area (Å²) >= 11 is 0. The lowest BCUT2D eigenvalue weighted by atomic mass is 9.86. The Morgan fingerprint density at radius 2 is 2.10 bits per heavy atom. The average Bonchev–Trinajstić information content (AvgIpc) is 2.48. The van der Waals surface area contributed by atoms with Crippen LogP contribution in [0.3, 0.4) is 0 Å². The van der Waals surface area contributed by atoms with Crippen LogP contribution in [0.15, 0.2) is 42.7 Å². The minimum absolute atomic E-state index is 0. The predicted octanol–water partition coefficient (Wildman–Crippen LogP) is 4.39. The summed E-state index contributed by atoms with van der Waals surface area (Å²) in [7, 11) is 1.72. The summed E-state index contributed by atoms with van der Waals surface area (Å²) in [5.74, 6) is 0.946. The minimum Gasteiger partial charge on any atom is -0.497 e. The number of ether oxygens (including phenoxy) is 1. The van der Waals surface area contributed by atoms with Crippen LogP contribution in [0.5, 0.6) is 5.75 Å². The van der Waals surface area contributed by atoms with Gasteiger partial charge < -0.3 is 4.74 Å². The highest BCUT2D eigenvalue weighted by molar-refractivity contribution is 5.85. The van der Waals surface area contributed by atoms with E-state index in [1.165, 1.54) is 28.7 Å². The maximum Gasteiger partial charge on any atom is 0.119 e. The Balaban J connectivity index is 0.00000147. The first-order chi connectivity index (χ1) is 9.36. The monoisotopic (exact) mass is 287 g/mol. The molecule has 0 unspecified atom stereocenters. The van der Waals surface area contributed by atoms with E-state index in [9.17, 15) is 0 Å². The topological polar surface area (TPSA) is 22.1 Å². The van der Waals surface area contributed by atoms with Crippen LogP contribution in [0.2, 0.25) is 0 Å². The summed E-state index contributed by atoms with van der Waals surface area (Å²) in [5, 5.41) is 0. The van der Waals surface area contributed by atoms with Gasteiger partial charge in [-0.1, -0.05) is 12.1 Å². The Bertz CT molecular complexity index is 608. The molecule has 0 amide bonds. The molecule has 104 valence electrons. The molecule has 20 heavy (non-hydrogen) atoms. The van der Waals surface area contributed by atoms with Crippen molar-refractivity contribution in [1.82, 2.24) is 4.98 Å². The number of allylic oxidation sites excluding steroid dienone is 1. The van der Waals surface area contributed by atoms with Crippen LogP contribution in [0.1, 0.15) is 29.5 Å². The van der Waals surface area contributed by atoms with Gasteiger partial charge in [-0.05, 0) is 65.8 Å². The van der Waals surface area contributed by atoms with Gasteiger partial charge in [-0.3, -0.25) is 4.98 Å². The van der Waals surface area contributed by atoms with E-state index in [1.807, 2.05) is 24.5 Å². The van der Waals surface area contributed by atoms with Crippen molar-refractivity contribution in [2.45, 2.75) is 19.3 Å². The zero-order chi connectivity index (χ0) is 13.1. The molecule has 0 saturated heterocycles. The number of rotatable bonds is 2. The van der Waals surface area contributed by atoms with Crippen molar-refractivity contribution in [3.8, 4) is 5.75 Å². The SMILES string of the molecule is COc1ccc2c(c1)CCC/C2=C\c1cccnc1.Cl. The molecule has 1 heterocycles. The number of aryl methyl sites for hydroxylation is 1. The first-order valence-corrected chi connectivity index (χ1v) is 6.65. The standard InChI is InChI=1S/C17H17NO.ClH/c1-19-16-7-8-17-14(5-2-6-15(17)11-16)10-13-4-3-9-18-12-13;/h3-4,7-12H,2,5-6H2,1H3;1H/b14-10+;. The molecular formula is C17H18ClNO. The van der Waals surface area contributed by atoms with Crippen LogP contribution < -0.4 is 4.74 Å². The van der Waals surface area contributed by atoms with Crippen LogP contribution in [-0.2, 0) is 6.42 Å². The quantitative estimate of drug-likeness (QED) is 0.817. The van der Waals surface area contributed by atoms with E-state index in [2.05, 4.69) is 29.3 Å². The Hall–Kier alpha value is -1.80.